The summed E-state index contributed by atoms with van der Waals surface area (Å²) >= 11 is 0. The molecule has 0 aliphatic rings. The van der Waals surface area contributed by atoms with Crippen LogP contribution in [0.2, 0.25) is 0 Å². The number of carbonyl (C=O) groups excluding carboxylic acids is 2. The maximum atomic E-state index is 13.7. The molecule has 1 aromatic carbocycles. The van der Waals surface area contributed by atoms with Gasteiger partial charge < -0.3 is 26.8 Å². The van der Waals surface area contributed by atoms with Crippen LogP contribution >= 0.6 is 0 Å². The molecular weight excluding hydrogens is 609 g/mol. The van der Waals surface area contributed by atoms with Crippen molar-refractivity contribution in [3.05, 3.63) is 59.8 Å². The number of carboxylic acid groups (broad SMARTS) is 1. The van der Waals surface area contributed by atoms with Crippen LogP contribution in [0.1, 0.15) is 35.5 Å². The third kappa shape index (κ3) is 8.71. The van der Waals surface area contributed by atoms with Crippen LogP contribution in [0, 0.1) is 0 Å². The van der Waals surface area contributed by atoms with Gasteiger partial charge in [-0.05, 0) is 37.1 Å². The van der Waals surface area contributed by atoms with Crippen molar-refractivity contribution in [2.24, 2.45) is 5.73 Å². The van der Waals surface area contributed by atoms with E-state index in [9.17, 15) is 31.5 Å². The number of benzene rings is 1. The molecule has 3 heterocycles. The number of hydrogen-bond acceptors (Lipinski definition) is 8. The van der Waals surface area contributed by atoms with E-state index in [0.29, 0.717) is 27.9 Å². The molecule has 4 aromatic rings. The fraction of sp³-hybridized carbons (Fsp3) is 0.333. The number of amides is 2. The maximum absolute atomic E-state index is 13.7. The molecule has 18 heteroatoms. The van der Waals surface area contributed by atoms with E-state index >= 15 is 0 Å². The minimum Gasteiger partial charge on any atom is -0.483 e. The van der Waals surface area contributed by atoms with Crippen LogP contribution in [0.3, 0.4) is 0 Å². The number of alkyl halides is 5. The molecule has 45 heavy (non-hydrogen) atoms. The molecule has 6 N–H and O–H groups in total. The summed E-state index contributed by atoms with van der Waals surface area (Å²) in [4.78, 5) is 41.1. The SMILES string of the molecule is CCc1cc(Nc2nccn3c(-c4cn(CC(F)F)nc4C(F)(F)F)cnc23)ccc1C(=O)NCCNC(=O)C(C)N.O=CO. The van der Waals surface area contributed by atoms with Gasteiger partial charge in [0.1, 0.15) is 6.54 Å². The van der Waals surface area contributed by atoms with Crippen molar-refractivity contribution < 1.29 is 41.4 Å². The summed E-state index contributed by atoms with van der Waals surface area (Å²) in [6.07, 6.45) is -2.42. The van der Waals surface area contributed by atoms with Gasteiger partial charge in [-0.1, -0.05) is 6.92 Å². The number of nitrogens with zero attached hydrogens (tertiary/aromatic N) is 5. The lowest BCUT2D eigenvalue weighted by atomic mass is 10.0. The zero-order chi connectivity index (χ0) is 33.3. The second-order valence-corrected chi connectivity index (χ2v) is 9.41. The Morgan fingerprint density at radius 1 is 1.16 bits per heavy atom. The standard InChI is InChI=1S/C26H28F5N9O2.CH2O2/c1-3-15-10-16(4-5-17(15)25(42)35-7-6-34-24(41)14(2)32)37-22-23-36-11-19(40(23)9-8-33-22)18-12-39(13-20(27)28)38-21(18)26(29,30)31;2-1-3/h4-5,8-12,14,20H,3,6-7,13,32H2,1-2H3,(H,33,37)(H,34,41)(H,35,42);1H,(H,2,3). The molecule has 0 fully saturated rings. The van der Waals surface area contributed by atoms with E-state index in [4.69, 9.17) is 15.6 Å². The lowest BCUT2D eigenvalue weighted by molar-refractivity contribution is -0.141. The van der Waals surface area contributed by atoms with Gasteiger partial charge >= 0.3 is 6.18 Å². The quantitative estimate of drug-likeness (QED) is 0.0936. The molecule has 0 radical (unpaired) electrons. The molecule has 4 rings (SSSR count). The zero-order valence-electron chi connectivity index (χ0n) is 24.0. The number of fused-ring (bicyclic) bond motifs is 1. The number of nitrogens with one attached hydrogen (secondary N) is 3. The van der Waals surface area contributed by atoms with Crippen LogP contribution in [0.15, 0.2) is 43.0 Å². The number of hydrogen-bond donors (Lipinski definition) is 5. The van der Waals surface area contributed by atoms with Gasteiger partial charge in [-0.25, -0.2) is 18.7 Å². The van der Waals surface area contributed by atoms with Crippen LogP contribution in [0.4, 0.5) is 33.5 Å². The van der Waals surface area contributed by atoms with Crippen molar-refractivity contribution in [1.29, 1.82) is 0 Å². The van der Waals surface area contributed by atoms with E-state index in [2.05, 4.69) is 31.0 Å². The molecule has 0 saturated carbocycles. The number of imidazole rings is 1. The molecule has 1 atom stereocenters. The Balaban J connectivity index is 0.00000177. The van der Waals surface area contributed by atoms with Gasteiger partial charge in [0.05, 0.1) is 23.5 Å². The second-order valence-electron chi connectivity index (χ2n) is 9.41. The number of rotatable bonds is 11. The summed E-state index contributed by atoms with van der Waals surface area (Å²) in [5.74, 6) is -0.453. The fourth-order valence-corrected chi connectivity index (χ4v) is 4.20. The zero-order valence-corrected chi connectivity index (χ0v) is 24.0. The summed E-state index contributed by atoms with van der Waals surface area (Å²) in [5, 5.41) is 18.6. The Labute approximate surface area is 252 Å². The molecular formula is C27H30F5N9O4. The minimum atomic E-state index is -4.89. The van der Waals surface area contributed by atoms with Crippen molar-refractivity contribution in [3.8, 4) is 11.3 Å². The lowest BCUT2D eigenvalue weighted by Crippen LogP contribution is -2.42. The summed E-state index contributed by atoms with van der Waals surface area (Å²) in [6.45, 7) is 2.59. The predicted octanol–water partition coefficient (Wildman–Crippen LogP) is 3.08. The number of aromatic nitrogens is 5. The average molecular weight is 640 g/mol. The molecule has 0 spiro atoms. The topological polar surface area (TPSA) is 182 Å². The van der Waals surface area contributed by atoms with Crippen LogP contribution < -0.4 is 21.7 Å². The van der Waals surface area contributed by atoms with E-state index in [-0.39, 0.29) is 48.5 Å². The van der Waals surface area contributed by atoms with Gasteiger partial charge in [-0.2, -0.15) is 18.3 Å². The third-order valence-corrected chi connectivity index (χ3v) is 6.18. The predicted molar refractivity (Wildman–Crippen MR) is 152 cm³/mol. The fourth-order valence-electron chi connectivity index (χ4n) is 4.20. The van der Waals surface area contributed by atoms with Crippen molar-refractivity contribution in [1.82, 2.24) is 34.8 Å². The van der Waals surface area contributed by atoms with Gasteiger partial charge in [0, 0.05) is 42.9 Å². The maximum Gasteiger partial charge on any atom is 0.435 e. The molecule has 3 aromatic heterocycles. The van der Waals surface area contributed by atoms with Gasteiger partial charge in [-0.3, -0.25) is 23.5 Å². The summed E-state index contributed by atoms with van der Waals surface area (Å²) in [6, 6.07) is 4.33. The first-order valence-corrected chi connectivity index (χ1v) is 13.3. The largest absolute Gasteiger partial charge is 0.483 e. The summed E-state index contributed by atoms with van der Waals surface area (Å²) < 4.78 is 68.7. The molecule has 1 unspecified atom stereocenters. The molecule has 2 amide bonds. The molecule has 242 valence electrons. The van der Waals surface area contributed by atoms with Crippen molar-refractivity contribution >= 4 is 35.4 Å². The van der Waals surface area contributed by atoms with Crippen molar-refractivity contribution in [3.63, 3.8) is 0 Å². The Morgan fingerprint density at radius 3 is 2.47 bits per heavy atom. The Kier molecular flexibility index (Phi) is 11.5. The highest BCUT2D eigenvalue weighted by atomic mass is 19.4. The molecule has 0 bridgehead atoms. The normalized spacial score (nSPS) is 11.9. The first-order valence-electron chi connectivity index (χ1n) is 13.3. The first-order chi connectivity index (χ1) is 21.3. The number of carbonyl (C=O) groups is 3. The van der Waals surface area contributed by atoms with E-state index in [1.54, 1.807) is 25.1 Å². The van der Waals surface area contributed by atoms with Gasteiger partial charge in [-0.15, -0.1) is 0 Å². The van der Waals surface area contributed by atoms with Crippen LogP contribution in [-0.2, 0) is 28.7 Å². The van der Waals surface area contributed by atoms with Crippen LogP contribution in [0.5, 0.6) is 0 Å². The Morgan fingerprint density at radius 2 is 1.84 bits per heavy atom. The molecule has 0 aliphatic carbocycles. The van der Waals surface area contributed by atoms with E-state index in [1.165, 1.54) is 23.0 Å². The number of anilines is 2. The highest BCUT2D eigenvalue weighted by Gasteiger charge is 2.38. The molecule has 0 saturated heterocycles. The van der Waals surface area contributed by atoms with E-state index < -0.39 is 36.4 Å². The highest BCUT2D eigenvalue weighted by molar-refractivity contribution is 5.96. The number of nitrogens with two attached hydrogens (primary N) is 1. The molecule has 13 nitrogen and oxygen atoms in total. The van der Waals surface area contributed by atoms with Gasteiger partial charge in [0.2, 0.25) is 5.91 Å². The first kappa shape index (κ1) is 34.4. The lowest BCUT2D eigenvalue weighted by Gasteiger charge is -2.13. The number of halogens is 5. The van der Waals surface area contributed by atoms with Crippen molar-refractivity contribution in [2.45, 2.75) is 45.5 Å². The third-order valence-electron chi connectivity index (χ3n) is 6.18. The Bertz CT molecular complexity index is 1640. The van der Waals surface area contributed by atoms with Gasteiger partial charge in [0.15, 0.2) is 17.2 Å². The Hall–Kier alpha value is -5.13. The number of aryl methyl sites for hydroxylation is 1. The average Bonchev–Trinajstić information content (AvgIpc) is 3.60. The van der Waals surface area contributed by atoms with Crippen LogP contribution in [-0.4, -0.2) is 73.1 Å². The van der Waals surface area contributed by atoms with Crippen LogP contribution in [0.25, 0.3) is 16.9 Å². The smallest absolute Gasteiger partial charge is 0.435 e. The van der Waals surface area contributed by atoms with Gasteiger partial charge in [0.25, 0.3) is 18.8 Å². The summed E-state index contributed by atoms with van der Waals surface area (Å²) in [5.41, 5.74) is 5.60. The highest BCUT2D eigenvalue weighted by Crippen LogP contribution is 2.37. The van der Waals surface area contributed by atoms with E-state index in [0.717, 1.165) is 6.20 Å². The summed E-state index contributed by atoms with van der Waals surface area (Å²) in [7, 11) is 0. The molecule has 0 aliphatic heterocycles. The minimum absolute atomic E-state index is 0.0123. The van der Waals surface area contributed by atoms with E-state index in [1.807, 2.05) is 6.92 Å². The second kappa shape index (κ2) is 15.0. The monoisotopic (exact) mass is 639 g/mol. The van der Waals surface area contributed by atoms with Crippen molar-refractivity contribution in [2.75, 3.05) is 18.4 Å².